The molecule has 0 aliphatic heterocycles. The van der Waals surface area contributed by atoms with E-state index in [1.165, 1.54) is 11.8 Å². The van der Waals surface area contributed by atoms with Crippen molar-refractivity contribution >= 4 is 17.3 Å². The van der Waals surface area contributed by atoms with E-state index in [-0.39, 0.29) is 0 Å². The molecule has 0 aliphatic rings. The summed E-state index contributed by atoms with van der Waals surface area (Å²) in [6.45, 7) is 1.95. The van der Waals surface area contributed by atoms with Gasteiger partial charge in [0.25, 0.3) is 0 Å². The number of rotatable bonds is 3. The van der Waals surface area contributed by atoms with E-state index in [4.69, 9.17) is 5.26 Å². The zero-order valence-corrected chi connectivity index (χ0v) is 10.2. The fraction of sp³-hybridized carbons (Fsp3) is 0.250. The first kappa shape index (κ1) is 11.5. The minimum atomic E-state index is 0.461. The minimum Gasteiger partial charge on any atom is -0.236 e. The van der Waals surface area contributed by atoms with Gasteiger partial charge in [-0.15, -0.1) is 11.8 Å². The molecule has 84 valence electrons. The van der Waals surface area contributed by atoms with Crippen LogP contribution in [0, 0.1) is 29.6 Å². The molecule has 0 aliphatic carbocycles. The average Bonchev–Trinajstić information content (AvgIpc) is 2.69. The third-order valence-corrected chi connectivity index (χ3v) is 3.35. The Bertz CT molecular complexity index is 630. The van der Waals surface area contributed by atoms with Crippen LogP contribution in [0.15, 0.2) is 23.2 Å². The van der Waals surface area contributed by atoms with Gasteiger partial charge in [0, 0.05) is 17.9 Å². The summed E-state index contributed by atoms with van der Waals surface area (Å²) in [6, 6.07) is 10.0. The van der Waals surface area contributed by atoms with Crippen LogP contribution in [0.4, 0.5) is 0 Å². The molecular formula is C12H10N4S. The first-order valence-corrected chi connectivity index (χ1v) is 6.14. The summed E-state index contributed by atoms with van der Waals surface area (Å²) in [4.78, 5) is 0. The Morgan fingerprint density at radius 3 is 2.94 bits per heavy atom. The number of aryl methyl sites for hydroxylation is 1. The van der Waals surface area contributed by atoms with Crippen molar-refractivity contribution in [3.63, 3.8) is 0 Å². The van der Waals surface area contributed by atoms with Crippen molar-refractivity contribution in [3.05, 3.63) is 29.5 Å². The molecule has 4 nitrogen and oxygen atoms in total. The number of aromatic nitrogens is 2. The monoisotopic (exact) mass is 242 g/mol. The number of hydrogen-bond acceptors (Lipinski definition) is 4. The molecule has 0 fully saturated rings. The van der Waals surface area contributed by atoms with Crippen molar-refractivity contribution in [3.8, 4) is 12.1 Å². The third-order valence-electron chi connectivity index (χ3n) is 2.38. The Balaban J connectivity index is 2.47. The van der Waals surface area contributed by atoms with Crippen LogP contribution in [0.3, 0.4) is 0 Å². The molecule has 0 aromatic carbocycles. The van der Waals surface area contributed by atoms with Gasteiger partial charge >= 0.3 is 0 Å². The zero-order chi connectivity index (χ0) is 12.3. The number of nitriles is 2. The van der Waals surface area contributed by atoms with Crippen LogP contribution in [0.25, 0.3) is 5.52 Å². The average molecular weight is 242 g/mol. The predicted octanol–water partition coefficient (Wildman–Crippen LogP) is 2.52. The molecule has 0 spiro atoms. The van der Waals surface area contributed by atoms with E-state index < -0.39 is 0 Å². The lowest BCUT2D eigenvalue weighted by atomic mass is 10.2. The highest BCUT2D eigenvalue weighted by Gasteiger charge is 2.13. The van der Waals surface area contributed by atoms with Gasteiger partial charge in [-0.2, -0.15) is 15.6 Å². The smallest absolute Gasteiger partial charge is 0.137 e. The normalized spacial score (nSPS) is 10.1. The van der Waals surface area contributed by atoms with Gasteiger partial charge in [0.15, 0.2) is 0 Å². The molecule has 0 unspecified atom stereocenters. The lowest BCUT2D eigenvalue weighted by molar-refractivity contribution is 0.865. The summed E-state index contributed by atoms with van der Waals surface area (Å²) in [5.74, 6) is 0.661. The highest BCUT2D eigenvalue weighted by Crippen LogP contribution is 2.25. The zero-order valence-electron chi connectivity index (χ0n) is 9.34. The fourth-order valence-corrected chi connectivity index (χ4v) is 2.40. The maximum absolute atomic E-state index is 9.17. The Morgan fingerprint density at radius 1 is 1.41 bits per heavy atom. The maximum Gasteiger partial charge on any atom is 0.137 e. The second-order valence-electron chi connectivity index (χ2n) is 3.51. The molecule has 0 saturated carbocycles. The van der Waals surface area contributed by atoms with Crippen LogP contribution >= 0.6 is 11.8 Å². The molecule has 2 aromatic heterocycles. The molecule has 5 heteroatoms. The number of thioether (sulfide) groups is 1. The van der Waals surface area contributed by atoms with Gasteiger partial charge in [-0.1, -0.05) is 6.07 Å². The quantitative estimate of drug-likeness (QED) is 0.612. The van der Waals surface area contributed by atoms with Crippen LogP contribution in [0.2, 0.25) is 0 Å². The fourth-order valence-electron chi connectivity index (χ4n) is 1.58. The molecule has 2 rings (SSSR count). The van der Waals surface area contributed by atoms with E-state index in [9.17, 15) is 5.26 Å². The minimum absolute atomic E-state index is 0.461. The van der Waals surface area contributed by atoms with E-state index in [2.05, 4.69) is 17.2 Å². The van der Waals surface area contributed by atoms with Crippen LogP contribution in [0.1, 0.15) is 17.7 Å². The van der Waals surface area contributed by atoms with E-state index in [0.717, 1.165) is 11.2 Å². The Kier molecular flexibility index (Phi) is 3.32. The standard InChI is InChI=1S/C12H10N4S/c1-9-4-2-5-11-10(8-14)12(15-16(9)11)17-7-3-6-13/h2,4-5H,3,7H2,1H3. The molecule has 0 radical (unpaired) electrons. The van der Waals surface area contributed by atoms with Gasteiger partial charge in [0.1, 0.15) is 16.7 Å². The summed E-state index contributed by atoms with van der Waals surface area (Å²) >= 11 is 1.45. The van der Waals surface area contributed by atoms with Crippen molar-refractivity contribution in [1.82, 2.24) is 9.61 Å². The van der Waals surface area contributed by atoms with Crippen LogP contribution in [0.5, 0.6) is 0 Å². The summed E-state index contributed by atoms with van der Waals surface area (Å²) in [5.41, 5.74) is 2.41. The van der Waals surface area contributed by atoms with Crippen molar-refractivity contribution in [1.29, 1.82) is 10.5 Å². The van der Waals surface area contributed by atoms with Crippen molar-refractivity contribution in [2.24, 2.45) is 0 Å². The Hall–Kier alpha value is -1.98. The van der Waals surface area contributed by atoms with Crippen LogP contribution in [-0.2, 0) is 0 Å². The predicted molar refractivity (Wildman–Crippen MR) is 65.6 cm³/mol. The van der Waals surface area contributed by atoms with Gasteiger partial charge in [-0.05, 0) is 19.1 Å². The third kappa shape index (κ3) is 2.11. The summed E-state index contributed by atoms with van der Waals surface area (Å²) in [6.07, 6.45) is 0.461. The lowest BCUT2D eigenvalue weighted by Gasteiger charge is -1.96. The van der Waals surface area contributed by atoms with E-state index in [1.54, 1.807) is 4.52 Å². The number of pyridine rings is 1. The van der Waals surface area contributed by atoms with Gasteiger partial charge in [0.05, 0.1) is 11.6 Å². The highest BCUT2D eigenvalue weighted by molar-refractivity contribution is 7.99. The molecule has 0 bridgehead atoms. The first-order valence-electron chi connectivity index (χ1n) is 5.16. The van der Waals surface area contributed by atoms with Crippen LogP contribution in [-0.4, -0.2) is 15.4 Å². The summed E-state index contributed by atoms with van der Waals surface area (Å²) in [5, 5.41) is 22.8. The highest BCUT2D eigenvalue weighted by atomic mass is 32.2. The van der Waals surface area contributed by atoms with Gasteiger partial charge in [-0.3, -0.25) is 0 Å². The number of fused-ring (bicyclic) bond motifs is 1. The van der Waals surface area contributed by atoms with Crippen LogP contribution < -0.4 is 0 Å². The second kappa shape index (κ2) is 4.90. The molecule has 17 heavy (non-hydrogen) atoms. The van der Waals surface area contributed by atoms with Crippen molar-refractivity contribution in [2.45, 2.75) is 18.4 Å². The molecule has 2 aromatic rings. The first-order chi connectivity index (χ1) is 8.27. The van der Waals surface area contributed by atoms with Gasteiger partial charge < -0.3 is 0 Å². The molecule has 0 atom stereocenters. The second-order valence-corrected chi connectivity index (χ2v) is 4.60. The molecular weight excluding hydrogens is 232 g/mol. The van der Waals surface area contributed by atoms with E-state index in [1.807, 2.05) is 25.1 Å². The number of hydrogen-bond donors (Lipinski definition) is 0. The topological polar surface area (TPSA) is 64.9 Å². The Labute approximate surface area is 103 Å². The van der Waals surface area contributed by atoms with Crippen molar-refractivity contribution < 1.29 is 0 Å². The van der Waals surface area contributed by atoms with Gasteiger partial charge in [-0.25, -0.2) is 4.52 Å². The SMILES string of the molecule is Cc1cccc2c(C#N)c(SCCC#N)nn12. The lowest BCUT2D eigenvalue weighted by Crippen LogP contribution is -1.91. The number of nitrogens with zero attached hydrogens (tertiary/aromatic N) is 4. The Morgan fingerprint density at radius 2 is 2.24 bits per heavy atom. The summed E-state index contributed by atoms with van der Waals surface area (Å²) in [7, 11) is 0. The maximum atomic E-state index is 9.17. The molecule has 0 amide bonds. The molecule has 0 N–H and O–H groups in total. The largest absolute Gasteiger partial charge is 0.236 e. The molecule has 0 saturated heterocycles. The van der Waals surface area contributed by atoms with Crippen molar-refractivity contribution in [2.75, 3.05) is 5.75 Å². The molecule has 2 heterocycles. The summed E-state index contributed by atoms with van der Waals surface area (Å²) < 4.78 is 1.77. The van der Waals surface area contributed by atoms with Gasteiger partial charge in [0.2, 0.25) is 0 Å². The van der Waals surface area contributed by atoms with E-state index in [0.29, 0.717) is 22.8 Å². The van der Waals surface area contributed by atoms with E-state index >= 15 is 0 Å².